The maximum Gasteiger partial charge on any atom is 0.123 e. The average Bonchev–Trinajstić information content (AvgIpc) is 3.07. The molecule has 0 aliphatic rings. The van der Waals surface area contributed by atoms with E-state index in [4.69, 9.17) is 4.42 Å². The van der Waals surface area contributed by atoms with Crippen molar-refractivity contribution >= 4 is 13.5 Å². The third-order valence-electron chi connectivity index (χ3n) is 5.57. The van der Waals surface area contributed by atoms with Gasteiger partial charge < -0.3 is 9.52 Å². The van der Waals surface area contributed by atoms with Gasteiger partial charge in [0.25, 0.3) is 0 Å². The van der Waals surface area contributed by atoms with E-state index >= 15 is 0 Å². The van der Waals surface area contributed by atoms with Crippen LogP contribution in [0.1, 0.15) is 90.5 Å². The minimum absolute atomic E-state index is 0.678. The van der Waals surface area contributed by atoms with Crippen LogP contribution >= 0.6 is 0 Å². The lowest BCUT2D eigenvalue weighted by molar-refractivity contribution is 0.0825. The van der Waals surface area contributed by atoms with E-state index in [2.05, 4.69) is 45.6 Å². The lowest BCUT2D eigenvalue weighted by atomic mass is 9.87. The molecule has 0 radical (unpaired) electrons. The molecule has 0 aliphatic carbocycles. The topological polar surface area (TPSA) is 33.4 Å². The number of furan rings is 1. The third-order valence-corrected chi connectivity index (χ3v) is 7.31. The Morgan fingerprint density at radius 2 is 1.63 bits per heavy atom. The van der Waals surface area contributed by atoms with E-state index in [0.717, 1.165) is 31.1 Å². The van der Waals surface area contributed by atoms with Gasteiger partial charge in [0.2, 0.25) is 0 Å². The van der Waals surface area contributed by atoms with Crippen molar-refractivity contribution in [1.29, 1.82) is 0 Å². The number of rotatable bonds is 14. The first-order valence-corrected chi connectivity index (χ1v) is 14.7. The van der Waals surface area contributed by atoms with Gasteiger partial charge in [-0.1, -0.05) is 90.9 Å². The summed E-state index contributed by atoms with van der Waals surface area (Å²) >= 11 is 0. The van der Waals surface area contributed by atoms with Gasteiger partial charge in [-0.3, -0.25) is 0 Å². The highest BCUT2D eigenvalue weighted by Gasteiger charge is 2.24. The predicted molar refractivity (Wildman–Crippen MR) is 122 cm³/mol. The number of aliphatic hydroxyl groups is 1. The standard InChI is InChI=1S/C24H44O2Si/c1-7-9-10-11-12-13-14-15-18-24(3,25)22(8-2)17-16-21-19-23(26-20-21)27(4,5)6/h17,19-20,25H,7-16,18H2,1-6H3. The van der Waals surface area contributed by atoms with Crippen LogP contribution in [-0.2, 0) is 6.42 Å². The molecule has 156 valence electrons. The molecule has 0 fully saturated rings. The van der Waals surface area contributed by atoms with E-state index in [1.165, 1.54) is 56.1 Å². The van der Waals surface area contributed by atoms with Crippen molar-refractivity contribution in [1.82, 2.24) is 0 Å². The van der Waals surface area contributed by atoms with Crippen molar-refractivity contribution in [2.24, 2.45) is 0 Å². The van der Waals surface area contributed by atoms with Crippen molar-refractivity contribution in [3.63, 3.8) is 0 Å². The second-order valence-corrected chi connectivity index (χ2v) is 14.3. The zero-order chi connectivity index (χ0) is 20.3. The lowest BCUT2D eigenvalue weighted by Crippen LogP contribution is -2.36. The molecule has 0 saturated heterocycles. The van der Waals surface area contributed by atoms with Crippen LogP contribution in [0, 0.1) is 0 Å². The van der Waals surface area contributed by atoms with E-state index in [0.29, 0.717) is 0 Å². The molecule has 1 N–H and O–H groups in total. The minimum atomic E-state index is -1.39. The highest BCUT2D eigenvalue weighted by Crippen LogP contribution is 2.27. The molecule has 1 aromatic rings. The summed E-state index contributed by atoms with van der Waals surface area (Å²) in [4.78, 5) is 0. The Morgan fingerprint density at radius 1 is 1.04 bits per heavy atom. The van der Waals surface area contributed by atoms with E-state index in [-0.39, 0.29) is 0 Å². The fourth-order valence-corrected chi connectivity index (χ4v) is 4.66. The molecule has 0 saturated carbocycles. The molecular weight excluding hydrogens is 348 g/mol. The van der Waals surface area contributed by atoms with Gasteiger partial charge in [-0.25, -0.2) is 0 Å². The Balaban J connectivity index is 2.45. The maximum absolute atomic E-state index is 11.0. The summed E-state index contributed by atoms with van der Waals surface area (Å²) in [5.41, 5.74) is 1.71. The smallest absolute Gasteiger partial charge is 0.123 e. The maximum atomic E-state index is 11.0. The fourth-order valence-electron chi connectivity index (χ4n) is 3.63. The summed E-state index contributed by atoms with van der Waals surface area (Å²) in [6, 6.07) is 2.21. The largest absolute Gasteiger partial charge is 0.474 e. The first-order valence-electron chi connectivity index (χ1n) is 11.2. The van der Waals surface area contributed by atoms with Crippen LogP contribution in [0.3, 0.4) is 0 Å². The number of unbranched alkanes of at least 4 members (excludes halogenated alkanes) is 7. The number of hydrogen-bond donors (Lipinski definition) is 1. The Kier molecular flexibility index (Phi) is 10.7. The number of allylic oxidation sites excluding steroid dienone is 1. The second kappa shape index (κ2) is 11.9. The van der Waals surface area contributed by atoms with Crippen molar-refractivity contribution < 1.29 is 9.52 Å². The summed E-state index contributed by atoms with van der Waals surface area (Å²) in [5, 5.41) is 12.1. The lowest BCUT2D eigenvalue weighted by Gasteiger charge is -2.26. The van der Waals surface area contributed by atoms with Crippen LogP contribution in [0.5, 0.6) is 0 Å². The van der Waals surface area contributed by atoms with Gasteiger partial charge in [0.05, 0.1) is 17.2 Å². The Labute approximate surface area is 169 Å². The Morgan fingerprint density at radius 3 is 2.15 bits per heavy atom. The summed E-state index contributed by atoms with van der Waals surface area (Å²) in [7, 11) is -1.39. The van der Waals surface area contributed by atoms with Crippen LogP contribution in [0.2, 0.25) is 19.6 Å². The molecule has 0 bridgehead atoms. The van der Waals surface area contributed by atoms with Crippen LogP contribution in [0.15, 0.2) is 28.4 Å². The molecule has 1 rings (SSSR count). The summed E-state index contributed by atoms with van der Waals surface area (Å²) in [5.74, 6) is 0. The van der Waals surface area contributed by atoms with Crippen molar-refractivity contribution in [3.8, 4) is 0 Å². The van der Waals surface area contributed by atoms with Gasteiger partial charge in [-0.15, -0.1) is 0 Å². The molecule has 3 heteroatoms. The molecule has 1 atom stereocenters. The Bertz CT molecular complexity index is 549. The van der Waals surface area contributed by atoms with Gasteiger partial charge in [0.1, 0.15) is 8.07 Å². The Hall–Kier alpha value is -0.803. The zero-order valence-electron chi connectivity index (χ0n) is 18.9. The molecule has 1 aromatic heterocycles. The summed E-state index contributed by atoms with van der Waals surface area (Å²) in [6.07, 6.45) is 17.2. The summed E-state index contributed by atoms with van der Waals surface area (Å²) < 4.78 is 5.78. The highest BCUT2D eigenvalue weighted by atomic mass is 28.3. The molecule has 1 unspecified atom stereocenters. The molecule has 0 aromatic carbocycles. The van der Waals surface area contributed by atoms with Gasteiger partial charge in [-0.2, -0.15) is 0 Å². The number of hydrogen-bond acceptors (Lipinski definition) is 2. The van der Waals surface area contributed by atoms with Crippen LogP contribution < -0.4 is 5.38 Å². The van der Waals surface area contributed by atoms with Gasteiger partial charge in [-0.05, 0) is 43.4 Å². The van der Waals surface area contributed by atoms with Crippen LogP contribution in [0.4, 0.5) is 0 Å². The molecule has 1 heterocycles. The van der Waals surface area contributed by atoms with Gasteiger partial charge >= 0.3 is 0 Å². The highest BCUT2D eigenvalue weighted by molar-refractivity contribution is 6.87. The monoisotopic (exact) mass is 392 g/mol. The van der Waals surface area contributed by atoms with Gasteiger partial charge in [0, 0.05) is 0 Å². The minimum Gasteiger partial charge on any atom is -0.474 e. The zero-order valence-corrected chi connectivity index (χ0v) is 19.9. The molecule has 0 amide bonds. The van der Waals surface area contributed by atoms with Crippen LogP contribution in [-0.4, -0.2) is 18.8 Å². The van der Waals surface area contributed by atoms with Gasteiger partial charge in [0.15, 0.2) is 0 Å². The van der Waals surface area contributed by atoms with Crippen molar-refractivity contribution in [3.05, 3.63) is 29.5 Å². The predicted octanol–water partition coefficient (Wildman–Crippen LogP) is 6.99. The molecule has 0 spiro atoms. The second-order valence-electron chi connectivity index (χ2n) is 9.35. The fraction of sp³-hybridized carbons (Fsp3) is 0.750. The van der Waals surface area contributed by atoms with E-state index in [1.54, 1.807) is 0 Å². The molecule has 0 aliphatic heterocycles. The van der Waals surface area contributed by atoms with E-state index in [1.807, 2.05) is 13.2 Å². The van der Waals surface area contributed by atoms with Crippen molar-refractivity contribution in [2.45, 2.75) is 117 Å². The summed E-state index contributed by atoms with van der Waals surface area (Å²) in [6.45, 7) is 13.3. The third kappa shape index (κ3) is 9.29. The molecular formula is C24H44O2Si. The van der Waals surface area contributed by atoms with E-state index in [9.17, 15) is 5.11 Å². The normalized spacial score (nSPS) is 15.1. The van der Waals surface area contributed by atoms with Crippen molar-refractivity contribution in [2.75, 3.05) is 0 Å². The van der Waals surface area contributed by atoms with Crippen LogP contribution in [0.25, 0.3) is 0 Å². The quantitative estimate of drug-likeness (QED) is 0.210. The first-order chi connectivity index (χ1) is 12.7. The van der Waals surface area contributed by atoms with E-state index < -0.39 is 13.7 Å². The molecule has 27 heavy (non-hydrogen) atoms. The molecule has 2 nitrogen and oxygen atoms in total. The first kappa shape index (κ1) is 24.2. The average molecular weight is 393 g/mol. The SMILES string of the molecule is CCCCCCCCCCC(C)(O)C(=CCc1coc([Si](C)(C)C)c1)CC.